The summed E-state index contributed by atoms with van der Waals surface area (Å²) in [4.78, 5) is 26.1. The maximum absolute atomic E-state index is 11.8. The van der Waals surface area contributed by atoms with Crippen LogP contribution >= 0.6 is 0 Å². The highest BCUT2D eigenvalue weighted by atomic mass is 16.2. The summed E-state index contributed by atoms with van der Waals surface area (Å²) in [5, 5.41) is 0. The van der Waals surface area contributed by atoms with Gasteiger partial charge in [-0.3, -0.25) is 9.69 Å². The number of likely N-dealkylation sites (N-methyl/N-ethyl adjacent to an activating group) is 2. The quantitative estimate of drug-likeness (QED) is 0.637. The van der Waals surface area contributed by atoms with E-state index in [2.05, 4.69) is 0 Å². The van der Waals surface area contributed by atoms with E-state index in [-0.39, 0.29) is 19.4 Å². The first-order valence-electron chi connectivity index (χ1n) is 4.58. The second-order valence-electron chi connectivity index (χ2n) is 3.52. The second-order valence-corrected chi connectivity index (χ2v) is 3.52. The molecule has 1 rings (SSSR count). The van der Waals surface area contributed by atoms with Crippen molar-refractivity contribution in [3.63, 3.8) is 0 Å². The number of carbonyl (C=O) groups excluding carboxylic acids is 2. The number of imide groups is 1. The lowest BCUT2D eigenvalue weighted by Gasteiger charge is -2.26. The largest absolute Gasteiger partial charge is 0.327 e. The molecule has 3 amide bonds. The molecule has 1 heterocycles. The van der Waals surface area contributed by atoms with E-state index in [1.807, 2.05) is 20.8 Å². The summed E-state index contributed by atoms with van der Waals surface area (Å²) in [7, 11) is 1.68. The van der Waals surface area contributed by atoms with Crippen LogP contribution in [-0.4, -0.2) is 40.9 Å². The molecule has 0 bridgehead atoms. The Morgan fingerprint density at radius 3 is 2.00 bits per heavy atom. The van der Waals surface area contributed by atoms with Crippen LogP contribution in [0.1, 0.15) is 34.6 Å². The maximum Gasteiger partial charge on any atom is 0.327 e. The van der Waals surface area contributed by atoms with Gasteiger partial charge in [0, 0.05) is 13.6 Å². The van der Waals surface area contributed by atoms with Gasteiger partial charge in [0.1, 0.15) is 5.54 Å². The van der Waals surface area contributed by atoms with Crippen LogP contribution in [0.25, 0.3) is 0 Å². The van der Waals surface area contributed by atoms with Gasteiger partial charge in [0.05, 0.1) is 0 Å². The molecule has 0 N–H and O–H groups in total. The minimum Gasteiger partial charge on any atom is -0.313 e. The predicted molar refractivity (Wildman–Crippen MR) is 56.0 cm³/mol. The molecule has 1 aliphatic heterocycles. The molecule has 1 aliphatic rings. The standard InChI is InChI=1S/C9H16N2O2.CH4/c1-5-9(3)7(12)11(6-2)8(13)10(9)4;/h5-6H2,1-4H3;1H4. The average Bonchev–Trinajstić information content (AvgIpc) is 2.29. The molecule has 0 aromatic heterocycles. The molecule has 1 saturated heterocycles. The summed E-state index contributed by atoms with van der Waals surface area (Å²) >= 11 is 0. The Hall–Kier alpha value is -1.06. The fourth-order valence-electron chi connectivity index (χ4n) is 1.58. The lowest BCUT2D eigenvalue weighted by Crippen LogP contribution is -2.44. The van der Waals surface area contributed by atoms with Crippen LogP contribution in [0.4, 0.5) is 4.79 Å². The Kier molecular flexibility index (Phi) is 3.68. The molecule has 82 valence electrons. The van der Waals surface area contributed by atoms with Crippen molar-refractivity contribution in [2.45, 2.75) is 40.2 Å². The van der Waals surface area contributed by atoms with Gasteiger partial charge in [-0.05, 0) is 20.3 Å². The van der Waals surface area contributed by atoms with Gasteiger partial charge in [-0.1, -0.05) is 14.4 Å². The zero-order valence-electron chi connectivity index (χ0n) is 8.63. The van der Waals surface area contributed by atoms with Crippen LogP contribution in [0.15, 0.2) is 0 Å². The third kappa shape index (κ3) is 1.38. The molecule has 1 atom stereocenters. The molecule has 0 spiro atoms. The highest BCUT2D eigenvalue weighted by Gasteiger charge is 2.50. The molecule has 0 radical (unpaired) electrons. The van der Waals surface area contributed by atoms with E-state index >= 15 is 0 Å². The van der Waals surface area contributed by atoms with Gasteiger partial charge in [-0.15, -0.1) is 0 Å². The second kappa shape index (κ2) is 3.98. The number of hydrogen-bond acceptors (Lipinski definition) is 2. The van der Waals surface area contributed by atoms with Gasteiger partial charge < -0.3 is 4.90 Å². The highest BCUT2D eigenvalue weighted by Crippen LogP contribution is 2.28. The number of hydrogen-bond donors (Lipinski definition) is 0. The van der Waals surface area contributed by atoms with Gasteiger partial charge in [-0.2, -0.15) is 0 Å². The fraction of sp³-hybridized carbons (Fsp3) is 0.800. The van der Waals surface area contributed by atoms with E-state index in [1.54, 1.807) is 7.05 Å². The Morgan fingerprint density at radius 1 is 1.29 bits per heavy atom. The Labute approximate surface area is 85.9 Å². The van der Waals surface area contributed by atoms with Crippen molar-refractivity contribution in [2.24, 2.45) is 0 Å². The molecular formula is C10H20N2O2. The SMILES string of the molecule is C.CCN1C(=O)N(C)C(C)(CC)C1=O. The van der Waals surface area contributed by atoms with Crippen molar-refractivity contribution in [1.29, 1.82) is 0 Å². The summed E-state index contributed by atoms with van der Waals surface area (Å²) in [6.07, 6.45) is 0.657. The first-order chi connectivity index (χ1) is 5.99. The minimum atomic E-state index is -0.632. The van der Waals surface area contributed by atoms with E-state index in [0.717, 1.165) is 0 Å². The number of amides is 3. The molecule has 0 aromatic carbocycles. The van der Waals surface area contributed by atoms with Crippen LogP contribution in [0.3, 0.4) is 0 Å². The molecule has 0 aliphatic carbocycles. The summed E-state index contributed by atoms with van der Waals surface area (Å²) in [5.41, 5.74) is -0.632. The van der Waals surface area contributed by atoms with Gasteiger partial charge in [0.15, 0.2) is 0 Å². The van der Waals surface area contributed by atoms with Gasteiger partial charge in [0.2, 0.25) is 0 Å². The van der Waals surface area contributed by atoms with E-state index < -0.39 is 5.54 Å². The lowest BCUT2D eigenvalue weighted by molar-refractivity contribution is -0.132. The Morgan fingerprint density at radius 2 is 1.79 bits per heavy atom. The molecule has 4 heteroatoms. The molecule has 14 heavy (non-hydrogen) atoms. The molecule has 0 aromatic rings. The van der Waals surface area contributed by atoms with Gasteiger partial charge in [0.25, 0.3) is 5.91 Å². The van der Waals surface area contributed by atoms with Gasteiger partial charge >= 0.3 is 6.03 Å². The molecule has 4 nitrogen and oxygen atoms in total. The summed E-state index contributed by atoms with van der Waals surface area (Å²) in [6, 6.07) is -0.183. The van der Waals surface area contributed by atoms with Crippen molar-refractivity contribution in [3.8, 4) is 0 Å². The van der Waals surface area contributed by atoms with E-state index in [9.17, 15) is 9.59 Å². The van der Waals surface area contributed by atoms with Crippen LogP contribution in [0, 0.1) is 0 Å². The summed E-state index contributed by atoms with van der Waals surface area (Å²) in [5.74, 6) is -0.0787. The van der Waals surface area contributed by atoms with E-state index in [4.69, 9.17) is 0 Å². The van der Waals surface area contributed by atoms with Crippen molar-refractivity contribution >= 4 is 11.9 Å². The van der Waals surface area contributed by atoms with Crippen molar-refractivity contribution < 1.29 is 9.59 Å². The van der Waals surface area contributed by atoms with Gasteiger partial charge in [-0.25, -0.2) is 4.79 Å². The van der Waals surface area contributed by atoms with Crippen molar-refractivity contribution in [1.82, 2.24) is 9.80 Å². The van der Waals surface area contributed by atoms with Crippen LogP contribution in [0.5, 0.6) is 0 Å². The zero-order valence-corrected chi connectivity index (χ0v) is 8.63. The maximum atomic E-state index is 11.8. The highest BCUT2D eigenvalue weighted by molar-refractivity contribution is 6.06. The monoisotopic (exact) mass is 200 g/mol. The molecule has 1 unspecified atom stereocenters. The number of nitrogens with zero attached hydrogens (tertiary/aromatic N) is 2. The average molecular weight is 200 g/mol. The van der Waals surface area contributed by atoms with Crippen LogP contribution < -0.4 is 0 Å². The topological polar surface area (TPSA) is 40.6 Å². The number of urea groups is 1. The minimum absolute atomic E-state index is 0. The number of carbonyl (C=O) groups is 2. The molecule has 1 fully saturated rings. The van der Waals surface area contributed by atoms with Crippen molar-refractivity contribution in [2.75, 3.05) is 13.6 Å². The first-order valence-corrected chi connectivity index (χ1v) is 4.58. The number of rotatable bonds is 2. The first kappa shape index (κ1) is 12.9. The zero-order chi connectivity index (χ0) is 10.2. The normalized spacial score (nSPS) is 26.9. The van der Waals surface area contributed by atoms with Crippen LogP contribution in [0.2, 0.25) is 0 Å². The van der Waals surface area contributed by atoms with Crippen molar-refractivity contribution in [3.05, 3.63) is 0 Å². The van der Waals surface area contributed by atoms with E-state index in [1.165, 1.54) is 9.80 Å². The Balaban J connectivity index is 0.00000169. The third-order valence-electron chi connectivity index (χ3n) is 2.97. The smallest absolute Gasteiger partial charge is 0.313 e. The molecular weight excluding hydrogens is 180 g/mol. The Bertz CT molecular complexity index is 253. The predicted octanol–water partition coefficient (Wildman–Crippen LogP) is 1.71. The molecule has 0 saturated carbocycles. The van der Waals surface area contributed by atoms with Crippen LogP contribution in [-0.2, 0) is 4.79 Å². The third-order valence-corrected chi connectivity index (χ3v) is 2.97. The summed E-state index contributed by atoms with van der Waals surface area (Å²) in [6.45, 7) is 5.99. The lowest BCUT2D eigenvalue weighted by atomic mass is 9.98. The summed E-state index contributed by atoms with van der Waals surface area (Å²) < 4.78 is 0. The fourth-order valence-corrected chi connectivity index (χ4v) is 1.58. The van der Waals surface area contributed by atoms with E-state index in [0.29, 0.717) is 13.0 Å².